The summed E-state index contributed by atoms with van der Waals surface area (Å²) < 4.78 is 6.46. The van der Waals surface area contributed by atoms with Crippen LogP contribution in [0.25, 0.3) is 90.7 Å². The number of benzene rings is 8. The zero-order chi connectivity index (χ0) is 41.6. The molecule has 3 nitrogen and oxygen atoms in total. The maximum absolute atomic E-state index is 5.25. The average molecular weight is 832 g/mol. The largest absolute Gasteiger partial charge is 0.355 e. The number of nitrogens with zero attached hydrogens (tertiary/aromatic N) is 2. The van der Waals surface area contributed by atoms with Gasteiger partial charge in [0.15, 0.2) is 7.28 Å². The first-order chi connectivity index (χ1) is 30.1. The van der Waals surface area contributed by atoms with E-state index in [9.17, 15) is 0 Å². The topological polar surface area (TPSA) is 29.9 Å². The van der Waals surface area contributed by atoms with E-state index in [0.29, 0.717) is 0 Å². The van der Waals surface area contributed by atoms with Gasteiger partial charge in [-0.05, 0) is 98.9 Å². The van der Waals surface area contributed by atoms with E-state index in [0.717, 1.165) is 34.7 Å². The van der Waals surface area contributed by atoms with Crippen molar-refractivity contribution >= 4 is 104 Å². The summed E-state index contributed by atoms with van der Waals surface area (Å²) in [6, 6.07) is 57.0. The number of fused-ring (bicyclic) bond motifs is 12. The lowest BCUT2D eigenvalue weighted by atomic mass is 9.59. The number of thiazole rings is 1. The Balaban J connectivity index is 1.09. The van der Waals surface area contributed by atoms with Crippen LogP contribution < -0.4 is 16.2 Å². The van der Waals surface area contributed by atoms with Crippen LogP contribution in [0.4, 0.5) is 11.4 Å². The molecule has 4 heterocycles. The molecule has 0 saturated heterocycles. The van der Waals surface area contributed by atoms with Crippen LogP contribution in [0.1, 0.15) is 51.3 Å². The molecular weight excluding hydrogens is 790 g/mol. The molecule has 1 aliphatic carbocycles. The highest BCUT2D eigenvalue weighted by Gasteiger charge is 2.37. The maximum atomic E-state index is 5.25. The molecule has 11 aromatic rings. The Morgan fingerprint density at radius 3 is 2.23 bits per heavy atom. The Morgan fingerprint density at radius 1 is 0.597 bits per heavy atom. The van der Waals surface area contributed by atoms with Crippen LogP contribution in [-0.2, 0) is 10.8 Å². The van der Waals surface area contributed by atoms with Crippen LogP contribution in [0.5, 0.6) is 0 Å². The van der Waals surface area contributed by atoms with E-state index in [4.69, 9.17) is 4.98 Å². The van der Waals surface area contributed by atoms with Gasteiger partial charge in [0.2, 0.25) is 0 Å². The third-order valence-corrected chi connectivity index (χ3v) is 16.0. The first-order valence-corrected chi connectivity index (χ1v) is 23.3. The molecule has 0 saturated carbocycles. The molecule has 0 bridgehead atoms. The SMILES string of the molecule is CC(C)(C)c1ccc(Nc2cc3c(cc2-c2ccc4c5cc6c(cc5n5c4c2Bc2cc4nc(-c7ccccc7)sc4cc2-5)sc2ccccc26)-c2ccccc2C3(C)C)cc1. The summed E-state index contributed by atoms with van der Waals surface area (Å²) in [6.07, 6.45) is 0. The predicted octanol–water partition coefficient (Wildman–Crippen LogP) is 14.1. The molecule has 6 heteroatoms. The highest BCUT2D eigenvalue weighted by molar-refractivity contribution is 7.26. The van der Waals surface area contributed by atoms with Gasteiger partial charge in [-0.2, -0.15) is 0 Å². The number of rotatable bonds is 4. The maximum Gasteiger partial charge on any atom is 0.198 e. The predicted molar refractivity (Wildman–Crippen MR) is 270 cm³/mol. The van der Waals surface area contributed by atoms with E-state index < -0.39 is 0 Å². The van der Waals surface area contributed by atoms with E-state index in [-0.39, 0.29) is 10.8 Å². The van der Waals surface area contributed by atoms with E-state index in [2.05, 4.69) is 196 Å². The lowest BCUT2D eigenvalue weighted by molar-refractivity contribution is 0.590. The zero-order valence-electron chi connectivity index (χ0n) is 35.4. The number of aromatic nitrogens is 2. The monoisotopic (exact) mass is 831 g/mol. The molecule has 8 aromatic carbocycles. The van der Waals surface area contributed by atoms with Gasteiger partial charge in [0, 0.05) is 70.1 Å². The Hall–Kier alpha value is -6.47. The summed E-state index contributed by atoms with van der Waals surface area (Å²) >= 11 is 3.68. The Labute approximate surface area is 369 Å². The molecule has 0 fully saturated rings. The second kappa shape index (κ2) is 12.8. The van der Waals surface area contributed by atoms with Crippen molar-refractivity contribution in [2.24, 2.45) is 0 Å². The molecule has 1 aliphatic heterocycles. The van der Waals surface area contributed by atoms with Gasteiger partial charge in [0.1, 0.15) is 5.01 Å². The summed E-state index contributed by atoms with van der Waals surface area (Å²) in [4.78, 5) is 5.25. The fraction of sp³-hybridized carbons (Fsp3) is 0.125. The van der Waals surface area contributed by atoms with Crippen LogP contribution in [-0.4, -0.2) is 16.8 Å². The van der Waals surface area contributed by atoms with Crippen molar-refractivity contribution in [3.63, 3.8) is 0 Å². The molecule has 2 aliphatic rings. The molecule has 0 unspecified atom stereocenters. The van der Waals surface area contributed by atoms with E-state index >= 15 is 0 Å². The minimum Gasteiger partial charge on any atom is -0.355 e. The zero-order valence-corrected chi connectivity index (χ0v) is 37.0. The number of nitrogens with one attached hydrogen (secondary N) is 1. The molecule has 62 heavy (non-hydrogen) atoms. The molecule has 3 aromatic heterocycles. The number of thiophene rings is 1. The smallest absolute Gasteiger partial charge is 0.198 e. The molecule has 0 radical (unpaired) electrons. The van der Waals surface area contributed by atoms with Crippen molar-refractivity contribution in [1.82, 2.24) is 9.55 Å². The lowest BCUT2D eigenvalue weighted by Crippen LogP contribution is -2.37. The van der Waals surface area contributed by atoms with E-state index in [1.165, 1.54) is 102 Å². The fourth-order valence-corrected chi connectivity index (χ4v) is 12.7. The van der Waals surface area contributed by atoms with Crippen LogP contribution in [0, 0.1) is 0 Å². The van der Waals surface area contributed by atoms with Gasteiger partial charge in [-0.15, -0.1) is 22.7 Å². The molecule has 0 amide bonds. The first-order valence-electron chi connectivity index (χ1n) is 21.7. The van der Waals surface area contributed by atoms with Gasteiger partial charge < -0.3 is 9.88 Å². The van der Waals surface area contributed by atoms with Gasteiger partial charge in [0.25, 0.3) is 0 Å². The quantitative estimate of drug-likeness (QED) is 0.179. The third kappa shape index (κ3) is 5.20. The average Bonchev–Trinajstić information content (AvgIpc) is 4.01. The van der Waals surface area contributed by atoms with Crippen molar-refractivity contribution in [2.75, 3.05) is 5.32 Å². The Morgan fingerprint density at radius 2 is 1.39 bits per heavy atom. The Bertz CT molecular complexity index is 3690. The highest BCUT2D eigenvalue weighted by Crippen LogP contribution is 2.52. The normalized spacial score (nSPS) is 13.8. The van der Waals surface area contributed by atoms with Gasteiger partial charge in [-0.1, -0.05) is 137 Å². The van der Waals surface area contributed by atoms with Crippen molar-refractivity contribution in [3.05, 3.63) is 168 Å². The van der Waals surface area contributed by atoms with Gasteiger partial charge in [-0.3, -0.25) is 0 Å². The molecule has 0 atom stereocenters. The van der Waals surface area contributed by atoms with Crippen LogP contribution in [0.3, 0.4) is 0 Å². The van der Waals surface area contributed by atoms with E-state index in [1.54, 1.807) is 11.3 Å². The van der Waals surface area contributed by atoms with Crippen molar-refractivity contribution < 1.29 is 0 Å². The minimum absolute atomic E-state index is 0.0787. The summed E-state index contributed by atoms with van der Waals surface area (Å²) in [6.45, 7) is 11.6. The van der Waals surface area contributed by atoms with Crippen LogP contribution >= 0.6 is 22.7 Å². The van der Waals surface area contributed by atoms with Crippen molar-refractivity contribution in [2.45, 2.75) is 45.4 Å². The van der Waals surface area contributed by atoms with Gasteiger partial charge >= 0.3 is 0 Å². The third-order valence-electron chi connectivity index (χ3n) is 13.8. The van der Waals surface area contributed by atoms with E-state index in [1.807, 2.05) is 11.3 Å². The summed E-state index contributed by atoms with van der Waals surface area (Å²) in [5.74, 6) is 0. The number of anilines is 2. The van der Waals surface area contributed by atoms with Crippen LogP contribution in [0.2, 0.25) is 0 Å². The fourth-order valence-electron chi connectivity index (χ4n) is 10.6. The Kier molecular flexibility index (Phi) is 7.47. The van der Waals surface area contributed by atoms with Crippen LogP contribution in [0.15, 0.2) is 152 Å². The lowest BCUT2D eigenvalue weighted by Gasteiger charge is -2.26. The molecule has 1 N–H and O–H groups in total. The minimum atomic E-state index is -0.130. The first kappa shape index (κ1) is 36.2. The van der Waals surface area contributed by atoms with Crippen molar-refractivity contribution in [1.29, 1.82) is 0 Å². The standard InChI is InChI=1S/C56H42BN3S2/c1-55(2,3)32-19-21-33(22-20-32)58-45-27-43-38(34-15-9-11-17-42(34)56(43,4)5)25-39(45)36-23-24-37-40-26-41-35-16-10-12-18-49(35)61-50(41)29-47(40)60-48-30-51-46(28-44(48)57-52(36)53(37)60)59-54(62-51)31-13-7-6-8-14-31/h6-30,57-58H,1-5H3. The molecule has 0 spiro atoms. The molecule has 296 valence electrons. The summed E-state index contributed by atoms with van der Waals surface area (Å²) in [7, 11) is 0.808. The van der Waals surface area contributed by atoms with Crippen molar-refractivity contribution in [3.8, 4) is 38.5 Å². The second-order valence-electron chi connectivity index (χ2n) is 18.9. The summed E-state index contributed by atoms with van der Waals surface area (Å²) in [5.41, 5.74) is 20.1. The highest BCUT2D eigenvalue weighted by atomic mass is 32.1. The number of hydrogen-bond acceptors (Lipinski definition) is 4. The molecule has 13 rings (SSSR count). The summed E-state index contributed by atoms with van der Waals surface area (Å²) in [5, 5.41) is 10.3. The van der Waals surface area contributed by atoms with Gasteiger partial charge in [0.05, 0.1) is 15.7 Å². The van der Waals surface area contributed by atoms with Gasteiger partial charge in [-0.25, -0.2) is 4.98 Å². The second-order valence-corrected chi connectivity index (χ2v) is 21.0. The number of hydrogen-bond donors (Lipinski definition) is 1. The molecular formula is C56H42BN3S2.